The fourth-order valence-corrected chi connectivity index (χ4v) is 3.22. The molecule has 0 amide bonds. The molecular weight excluding hydrogens is 310 g/mol. The van der Waals surface area contributed by atoms with Crippen molar-refractivity contribution in [3.8, 4) is 5.75 Å². The number of guanidine groups is 1. The highest BCUT2D eigenvalue weighted by Crippen LogP contribution is 2.47. The molecule has 2 N–H and O–H groups in total. The van der Waals surface area contributed by atoms with E-state index in [4.69, 9.17) is 4.74 Å². The summed E-state index contributed by atoms with van der Waals surface area (Å²) in [4.78, 5) is 4.35. The van der Waals surface area contributed by atoms with E-state index in [1.807, 2.05) is 13.1 Å². The molecule has 0 radical (unpaired) electrons. The maximum Gasteiger partial charge on any atom is 0.191 e. The maximum atomic E-state index is 5.32. The molecule has 2 aromatic carbocycles. The van der Waals surface area contributed by atoms with E-state index in [-0.39, 0.29) is 5.41 Å². The number of hydrogen-bond acceptors (Lipinski definition) is 2. The normalized spacial score (nSPS) is 15.6. The van der Waals surface area contributed by atoms with Crippen LogP contribution >= 0.6 is 0 Å². The molecule has 0 saturated heterocycles. The van der Waals surface area contributed by atoms with Crippen molar-refractivity contribution < 1.29 is 4.74 Å². The van der Waals surface area contributed by atoms with Gasteiger partial charge in [0.2, 0.25) is 0 Å². The molecule has 1 saturated carbocycles. The molecule has 0 aliphatic heterocycles. The summed E-state index contributed by atoms with van der Waals surface area (Å²) < 4.78 is 5.32. The van der Waals surface area contributed by atoms with Crippen molar-refractivity contribution in [2.45, 2.75) is 31.7 Å². The summed E-state index contributed by atoms with van der Waals surface area (Å²) in [7, 11) is 3.52. The number of benzene rings is 2. The van der Waals surface area contributed by atoms with Crippen LogP contribution in [0.3, 0.4) is 0 Å². The fourth-order valence-electron chi connectivity index (χ4n) is 3.22. The Labute approximate surface area is 150 Å². The van der Waals surface area contributed by atoms with Gasteiger partial charge >= 0.3 is 0 Å². The van der Waals surface area contributed by atoms with Crippen LogP contribution in [0.4, 0.5) is 0 Å². The van der Waals surface area contributed by atoms with Crippen molar-refractivity contribution in [1.29, 1.82) is 0 Å². The van der Waals surface area contributed by atoms with Gasteiger partial charge in [0, 0.05) is 25.6 Å². The second-order valence-electron chi connectivity index (χ2n) is 6.73. The van der Waals surface area contributed by atoms with E-state index in [0.717, 1.165) is 30.4 Å². The number of hydrogen-bond donors (Lipinski definition) is 2. The number of nitrogens with zero attached hydrogens (tertiary/aromatic N) is 1. The quantitative estimate of drug-likeness (QED) is 0.627. The van der Waals surface area contributed by atoms with Crippen molar-refractivity contribution in [2.24, 2.45) is 4.99 Å². The Hall–Kier alpha value is -2.49. The molecule has 132 valence electrons. The summed E-state index contributed by atoms with van der Waals surface area (Å²) >= 11 is 0. The third-order valence-electron chi connectivity index (χ3n) is 4.98. The van der Waals surface area contributed by atoms with Crippen LogP contribution < -0.4 is 15.4 Å². The summed E-state index contributed by atoms with van der Waals surface area (Å²) in [6.45, 7) is 3.72. The number of methoxy groups -OCH3 is 1. The zero-order valence-corrected chi connectivity index (χ0v) is 15.3. The first kappa shape index (κ1) is 17.3. The highest BCUT2D eigenvalue weighted by Gasteiger charge is 2.43. The third kappa shape index (κ3) is 4.13. The zero-order chi connectivity index (χ0) is 17.7. The highest BCUT2D eigenvalue weighted by molar-refractivity contribution is 5.79. The van der Waals surface area contributed by atoms with Gasteiger partial charge in [-0.15, -0.1) is 0 Å². The van der Waals surface area contributed by atoms with E-state index in [1.165, 1.54) is 24.0 Å². The van der Waals surface area contributed by atoms with Crippen molar-refractivity contribution in [3.05, 3.63) is 65.2 Å². The minimum absolute atomic E-state index is 0.273. The van der Waals surface area contributed by atoms with Crippen LogP contribution in [-0.4, -0.2) is 26.7 Å². The van der Waals surface area contributed by atoms with Gasteiger partial charge in [-0.3, -0.25) is 4.99 Å². The van der Waals surface area contributed by atoms with Crippen molar-refractivity contribution >= 4 is 5.96 Å². The van der Waals surface area contributed by atoms with E-state index in [9.17, 15) is 0 Å². The largest absolute Gasteiger partial charge is 0.496 e. The molecule has 0 atom stereocenters. The van der Waals surface area contributed by atoms with Crippen molar-refractivity contribution in [3.63, 3.8) is 0 Å². The molecule has 0 unspecified atom stereocenters. The van der Waals surface area contributed by atoms with Crippen LogP contribution in [0, 0.1) is 6.92 Å². The molecule has 2 aromatic rings. The number of ether oxygens (including phenoxy) is 1. The smallest absolute Gasteiger partial charge is 0.191 e. The summed E-state index contributed by atoms with van der Waals surface area (Å²) in [6.07, 6.45) is 2.47. The van der Waals surface area contributed by atoms with Crippen LogP contribution in [0.5, 0.6) is 5.75 Å². The monoisotopic (exact) mass is 337 g/mol. The van der Waals surface area contributed by atoms with Gasteiger partial charge in [-0.05, 0) is 42.5 Å². The lowest BCUT2D eigenvalue weighted by molar-refractivity contribution is 0.411. The Kier molecular flexibility index (Phi) is 5.27. The van der Waals surface area contributed by atoms with Crippen LogP contribution in [-0.2, 0) is 12.0 Å². The Morgan fingerprint density at radius 1 is 1.12 bits per heavy atom. The van der Waals surface area contributed by atoms with Gasteiger partial charge < -0.3 is 15.4 Å². The molecule has 1 aliphatic rings. The highest BCUT2D eigenvalue weighted by atomic mass is 16.5. The van der Waals surface area contributed by atoms with E-state index >= 15 is 0 Å². The van der Waals surface area contributed by atoms with Gasteiger partial charge in [0.25, 0.3) is 0 Å². The van der Waals surface area contributed by atoms with E-state index in [2.05, 4.69) is 65.0 Å². The number of aryl methyl sites for hydroxylation is 1. The van der Waals surface area contributed by atoms with E-state index < -0.39 is 0 Å². The van der Waals surface area contributed by atoms with Crippen LogP contribution in [0.25, 0.3) is 0 Å². The van der Waals surface area contributed by atoms with Crippen LogP contribution in [0.15, 0.2) is 53.5 Å². The Morgan fingerprint density at radius 3 is 2.48 bits per heavy atom. The molecular formula is C21H27N3O. The molecule has 4 nitrogen and oxygen atoms in total. The Balaban J connectivity index is 1.55. The summed E-state index contributed by atoms with van der Waals surface area (Å²) in [6, 6.07) is 17.0. The fraction of sp³-hybridized carbons (Fsp3) is 0.381. The third-order valence-corrected chi connectivity index (χ3v) is 4.98. The van der Waals surface area contributed by atoms with Crippen molar-refractivity contribution in [2.75, 3.05) is 20.7 Å². The molecule has 0 spiro atoms. The lowest BCUT2D eigenvalue weighted by Gasteiger charge is -2.19. The zero-order valence-electron chi connectivity index (χ0n) is 15.3. The first-order chi connectivity index (χ1) is 12.2. The Bertz CT molecular complexity index is 736. The van der Waals surface area contributed by atoms with Crippen LogP contribution in [0.1, 0.15) is 29.5 Å². The average molecular weight is 337 g/mol. The first-order valence-corrected chi connectivity index (χ1v) is 8.80. The number of rotatable bonds is 6. The summed E-state index contributed by atoms with van der Waals surface area (Å²) in [5, 5.41) is 6.89. The maximum absolute atomic E-state index is 5.32. The molecule has 1 fully saturated rings. The molecule has 0 bridgehead atoms. The van der Waals surface area contributed by atoms with E-state index in [0.29, 0.717) is 0 Å². The molecule has 25 heavy (non-hydrogen) atoms. The topological polar surface area (TPSA) is 45.7 Å². The number of nitrogens with one attached hydrogen (secondary N) is 2. The predicted molar refractivity (Wildman–Crippen MR) is 103 cm³/mol. The van der Waals surface area contributed by atoms with Crippen molar-refractivity contribution in [1.82, 2.24) is 10.6 Å². The first-order valence-electron chi connectivity index (χ1n) is 8.80. The second-order valence-corrected chi connectivity index (χ2v) is 6.73. The predicted octanol–water partition coefficient (Wildman–Crippen LogP) is 3.40. The lowest BCUT2D eigenvalue weighted by Crippen LogP contribution is -2.40. The van der Waals surface area contributed by atoms with E-state index in [1.54, 1.807) is 7.11 Å². The molecule has 4 heteroatoms. The molecule has 3 rings (SSSR count). The van der Waals surface area contributed by atoms with Gasteiger partial charge in [0.1, 0.15) is 5.75 Å². The lowest BCUT2D eigenvalue weighted by atomic mass is 9.96. The van der Waals surface area contributed by atoms with Crippen LogP contribution in [0.2, 0.25) is 0 Å². The van der Waals surface area contributed by atoms with Gasteiger partial charge in [-0.2, -0.15) is 0 Å². The summed E-state index contributed by atoms with van der Waals surface area (Å²) in [5.74, 6) is 1.76. The van der Waals surface area contributed by atoms with Gasteiger partial charge in [0.15, 0.2) is 5.96 Å². The number of aliphatic imine (C=N–C) groups is 1. The molecule has 0 aromatic heterocycles. The van der Waals surface area contributed by atoms with Gasteiger partial charge in [-0.1, -0.05) is 42.5 Å². The molecule has 0 heterocycles. The Morgan fingerprint density at radius 2 is 1.88 bits per heavy atom. The van der Waals surface area contributed by atoms with Gasteiger partial charge in [-0.25, -0.2) is 0 Å². The second kappa shape index (κ2) is 7.60. The SMILES string of the molecule is CN=C(NCc1ccc(OC)c(C)c1)NCC1(c2ccccc2)CC1. The van der Waals surface area contributed by atoms with Gasteiger partial charge in [0.05, 0.1) is 7.11 Å². The minimum atomic E-state index is 0.273. The standard InChI is InChI=1S/C21H27N3O/c1-16-13-17(9-10-19(16)25-3)14-23-20(22-2)24-15-21(11-12-21)18-7-5-4-6-8-18/h4-10,13H,11-12,14-15H2,1-3H3,(H2,22,23,24). The minimum Gasteiger partial charge on any atom is -0.496 e. The molecule has 1 aliphatic carbocycles. The summed E-state index contributed by atoms with van der Waals surface area (Å²) in [5.41, 5.74) is 4.05. The average Bonchev–Trinajstić information content (AvgIpc) is 3.44.